The van der Waals surface area contributed by atoms with Crippen molar-refractivity contribution in [1.29, 1.82) is 0 Å². The Hall–Kier alpha value is 1.38. The molecule has 4 rings (SSSR count). The third-order valence-electron chi connectivity index (χ3n) is 9.54. The standard InChI is InChI=1S/C27H52N2.2HI/c1-8-18-28(19-9-1,24-26-14-4-5-15-26)22-12-3-13-23-29(20-10-2-11-21-29)25-27-16-6-7-17-27;;/h26-27H,1-25H2;2*1H/q+2;;/p-2. The fraction of sp³-hybridized carbons (Fsp3) is 1.00. The second-order valence-corrected chi connectivity index (χ2v) is 11.9. The summed E-state index contributed by atoms with van der Waals surface area (Å²) in [6, 6.07) is 0. The van der Waals surface area contributed by atoms with Gasteiger partial charge in [-0.1, -0.05) is 25.7 Å². The first-order valence-corrected chi connectivity index (χ1v) is 14.0. The highest BCUT2D eigenvalue weighted by Crippen LogP contribution is 2.32. The molecule has 2 aliphatic heterocycles. The maximum Gasteiger partial charge on any atom is 0.0815 e. The quantitative estimate of drug-likeness (QED) is 0.183. The summed E-state index contributed by atoms with van der Waals surface area (Å²) in [5.41, 5.74) is 0. The minimum Gasteiger partial charge on any atom is -1.00 e. The highest BCUT2D eigenvalue weighted by Gasteiger charge is 2.35. The van der Waals surface area contributed by atoms with Crippen molar-refractivity contribution in [2.24, 2.45) is 11.8 Å². The van der Waals surface area contributed by atoms with Gasteiger partial charge in [-0.25, -0.2) is 0 Å². The number of halogens is 2. The van der Waals surface area contributed by atoms with E-state index in [1.165, 1.54) is 132 Å². The molecule has 0 spiro atoms. The van der Waals surface area contributed by atoms with E-state index in [0.29, 0.717) is 0 Å². The van der Waals surface area contributed by atoms with Gasteiger partial charge in [-0.2, -0.15) is 0 Å². The summed E-state index contributed by atoms with van der Waals surface area (Å²) in [7, 11) is 0. The predicted octanol–water partition coefficient (Wildman–Crippen LogP) is 0.547. The molecule has 2 saturated heterocycles. The number of unbranched alkanes of at least 4 members (excludes halogenated alkanes) is 2. The van der Waals surface area contributed by atoms with Crippen LogP contribution in [0.1, 0.15) is 109 Å². The topological polar surface area (TPSA) is 0 Å². The van der Waals surface area contributed by atoms with Crippen LogP contribution in [-0.4, -0.2) is 61.3 Å². The van der Waals surface area contributed by atoms with Crippen molar-refractivity contribution in [2.45, 2.75) is 109 Å². The lowest BCUT2D eigenvalue weighted by Crippen LogP contribution is -3.00. The number of nitrogens with zero attached hydrogens (tertiary/aromatic N) is 2. The molecular weight excluding hydrogens is 606 g/mol. The van der Waals surface area contributed by atoms with Crippen LogP contribution in [0.2, 0.25) is 0 Å². The largest absolute Gasteiger partial charge is 1.00 e. The lowest BCUT2D eigenvalue weighted by atomic mass is 9.99. The monoisotopic (exact) mass is 658 g/mol. The van der Waals surface area contributed by atoms with Crippen molar-refractivity contribution in [3.05, 3.63) is 0 Å². The van der Waals surface area contributed by atoms with Crippen molar-refractivity contribution in [3.8, 4) is 0 Å². The number of quaternary nitrogens is 2. The molecule has 4 heteroatoms. The highest BCUT2D eigenvalue weighted by atomic mass is 127. The van der Waals surface area contributed by atoms with Gasteiger partial charge in [-0.15, -0.1) is 0 Å². The van der Waals surface area contributed by atoms with Crippen molar-refractivity contribution < 1.29 is 56.9 Å². The zero-order valence-corrected chi connectivity index (χ0v) is 24.8. The fourth-order valence-corrected chi connectivity index (χ4v) is 7.91. The zero-order valence-electron chi connectivity index (χ0n) is 20.5. The smallest absolute Gasteiger partial charge is 0.0815 e. The number of rotatable bonds is 10. The van der Waals surface area contributed by atoms with Crippen LogP contribution < -0.4 is 48.0 Å². The Morgan fingerprint density at radius 3 is 1.13 bits per heavy atom. The number of likely N-dealkylation sites (tertiary alicyclic amines) is 2. The Bertz CT molecular complexity index is 418. The van der Waals surface area contributed by atoms with Crippen LogP contribution in [0.25, 0.3) is 0 Å². The van der Waals surface area contributed by atoms with Crippen LogP contribution in [0.15, 0.2) is 0 Å². The molecule has 4 fully saturated rings. The molecule has 2 heterocycles. The Labute approximate surface area is 228 Å². The second-order valence-electron chi connectivity index (χ2n) is 11.9. The Morgan fingerprint density at radius 2 is 0.774 bits per heavy atom. The van der Waals surface area contributed by atoms with Gasteiger partial charge < -0.3 is 56.9 Å². The molecule has 2 saturated carbocycles. The van der Waals surface area contributed by atoms with E-state index in [0.717, 1.165) is 11.8 Å². The third kappa shape index (κ3) is 8.83. The number of hydrogen-bond acceptors (Lipinski definition) is 0. The van der Waals surface area contributed by atoms with Gasteiger partial charge in [0.1, 0.15) is 0 Å². The summed E-state index contributed by atoms with van der Waals surface area (Å²) in [4.78, 5) is 0. The van der Waals surface area contributed by atoms with Gasteiger partial charge in [0.15, 0.2) is 0 Å². The molecule has 0 aromatic heterocycles. The first kappa shape index (κ1) is 28.6. The molecule has 2 nitrogen and oxygen atoms in total. The molecule has 0 radical (unpaired) electrons. The first-order valence-electron chi connectivity index (χ1n) is 14.0. The minimum absolute atomic E-state index is 0. The van der Waals surface area contributed by atoms with Gasteiger partial charge in [-0.3, -0.25) is 0 Å². The molecule has 2 aliphatic carbocycles. The molecule has 0 bridgehead atoms. The van der Waals surface area contributed by atoms with Crippen LogP contribution >= 0.6 is 0 Å². The summed E-state index contributed by atoms with van der Waals surface area (Å²) >= 11 is 0. The van der Waals surface area contributed by atoms with Crippen molar-refractivity contribution in [3.63, 3.8) is 0 Å². The first-order chi connectivity index (χ1) is 14.3. The molecule has 0 N–H and O–H groups in total. The lowest BCUT2D eigenvalue weighted by Gasteiger charge is -2.44. The van der Waals surface area contributed by atoms with Gasteiger partial charge in [0, 0.05) is 11.8 Å². The summed E-state index contributed by atoms with van der Waals surface area (Å²) in [6.07, 6.45) is 25.8. The van der Waals surface area contributed by atoms with E-state index in [1.807, 2.05) is 0 Å². The summed E-state index contributed by atoms with van der Waals surface area (Å²) in [5, 5.41) is 0. The average Bonchev–Trinajstić information content (AvgIpc) is 3.43. The number of piperidine rings is 2. The van der Waals surface area contributed by atoms with Crippen LogP contribution in [0.3, 0.4) is 0 Å². The second kappa shape index (κ2) is 14.7. The van der Waals surface area contributed by atoms with E-state index in [2.05, 4.69) is 0 Å². The summed E-state index contributed by atoms with van der Waals surface area (Å²) < 4.78 is 3.04. The third-order valence-corrected chi connectivity index (χ3v) is 9.54. The van der Waals surface area contributed by atoms with Crippen LogP contribution in [0.4, 0.5) is 0 Å². The normalized spacial score (nSPS) is 26.3. The Morgan fingerprint density at radius 1 is 0.419 bits per heavy atom. The lowest BCUT2D eigenvalue weighted by molar-refractivity contribution is -0.937. The Kier molecular flexibility index (Phi) is 13.6. The highest BCUT2D eigenvalue weighted by molar-refractivity contribution is 4.70. The van der Waals surface area contributed by atoms with Gasteiger partial charge in [-0.05, 0) is 83.5 Å². The number of hydrogen-bond donors (Lipinski definition) is 0. The molecule has 0 unspecified atom stereocenters. The van der Waals surface area contributed by atoms with Crippen LogP contribution in [-0.2, 0) is 0 Å². The van der Waals surface area contributed by atoms with Crippen molar-refractivity contribution >= 4 is 0 Å². The molecule has 0 atom stereocenters. The van der Waals surface area contributed by atoms with E-state index >= 15 is 0 Å². The Balaban J connectivity index is 0.00000171. The fourth-order valence-electron chi connectivity index (χ4n) is 7.91. The van der Waals surface area contributed by atoms with Crippen LogP contribution in [0.5, 0.6) is 0 Å². The molecule has 184 valence electrons. The van der Waals surface area contributed by atoms with E-state index in [-0.39, 0.29) is 48.0 Å². The maximum atomic E-state index is 1.54. The molecule has 0 aromatic carbocycles. The van der Waals surface area contributed by atoms with Gasteiger partial charge in [0.25, 0.3) is 0 Å². The van der Waals surface area contributed by atoms with Crippen molar-refractivity contribution in [1.82, 2.24) is 0 Å². The van der Waals surface area contributed by atoms with Crippen molar-refractivity contribution in [2.75, 3.05) is 52.4 Å². The van der Waals surface area contributed by atoms with E-state index in [1.54, 1.807) is 38.8 Å². The maximum absolute atomic E-state index is 1.54. The van der Waals surface area contributed by atoms with Gasteiger partial charge >= 0.3 is 0 Å². The summed E-state index contributed by atoms with van der Waals surface area (Å²) in [6.45, 7) is 12.2. The van der Waals surface area contributed by atoms with E-state index < -0.39 is 0 Å². The molecule has 4 aliphatic rings. The zero-order chi connectivity index (χ0) is 19.8. The molecule has 0 amide bonds. The van der Waals surface area contributed by atoms with Gasteiger partial charge in [0.2, 0.25) is 0 Å². The predicted molar refractivity (Wildman–Crippen MR) is 125 cm³/mol. The molecule has 0 aromatic rings. The SMILES string of the molecule is C1CC[N+](CCCCC[N+]2(CC3CCCC3)CCCCC2)(CC2CCCC2)CC1.[I-].[I-]. The molecule has 31 heavy (non-hydrogen) atoms. The minimum atomic E-state index is 0. The van der Waals surface area contributed by atoms with Crippen LogP contribution in [0, 0.1) is 11.8 Å². The average molecular weight is 659 g/mol. The van der Waals surface area contributed by atoms with Gasteiger partial charge in [0.05, 0.1) is 52.4 Å². The van der Waals surface area contributed by atoms with E-state index in [9.17, 15) is 0 Å². The van der Waals surface area contributed by atoms with E-state index in [4.69, 9.17) is 0 Å². The summed E-state index contributed by atoms with van der Waals surface area (Å²) in [5.74, 6) is 2.14. The molecular formula is C27H52I2N2.